The fourth-order valence-electron chi connectivity index (χ4n) is 2.15. The molecular formula is C10H18N2O2S2. The van der Waals surface area contributed by atoms with E-state index in [2.05, 4.69) is 24.2 Å². The van der Waals surface area contributed by atoms with Crippen molar-refractivity contribution in [1.82, 2.24) is 5.32 Å². The van der Waals surface area contributed by atoms with Gasteiger partial charge >= 0.3 is 0 Å². The van der Waals surface area contributed by atoms with Gasteiger partial charge in [-0.2, -0.15) is 0 Å². The summed E-state index contributed by atoms with van der Waals surface area (Å²) in [5, 5.41) is 4.81. The van der Waals surface area contributed by atoms with Crippen LogP contribution in [0.2, 0.25) is 0 Å². The Bertz CT molecular complexity index is 380. The second-order valence-corrected chi connectivity index (χ2v) is 8.36. The van der Waals surface area contributed by atoms with Crippen LogP contribution in [0.25, 0.3) is 0 Å². The number of nitrogens with one attached hydrogen (secondary N) is 1. The smallest absolute Gasteiger partial charge is 0.157 e. The van der Waals surface area contributed by atoms with Gasteiger partial charge in [0, 0.05) is 11.3 Å². The van der Waals surface area contributed by atoms with Gasteiger partial charge in [0.25, 0.3) is 0 Å². The van der Waals surface area contributed by atoms with Crippen molar-refractivity contribution >= 4 is 26.8 Å². The predicted molar refractivity (Wildman–Crippen MR) is 68.8 cm³/mol. The number of nitrogens with zero attached hydrogens (tertiary/aromatic N) is 1. The van der Waals surface area contributed by atoms with Crippen LogP contribution in [-0.4, -0.2) is 42.4 Å². The molecule has 0 spiro atoms. The minimum Gasteiger partial charge on any atom is -0.362 e. The molecule has 16 heavy (non-hydrogen) atoms. The number of thioether (sulfide) groups is 1. The van der Waals surface area contributed by atoms with Crippen LogP contribution in [0.3, 0.4) is 0 Å². The van der Waals surface area contributed by atoms with Crippen molar-refractivity contribution in [2.24, 2.45) is 4.99 Å². The molecule has 0 aliphatic carbocycles. The lowest BCUT2D eigenvalue weighted by Gasteiger charge is -2.27. The van der Waals surface area contributed by atoms with Crippen molar-refractivity contribution in [3.05, 3.63) is 0 Å². The first kappa shape index (κ1) is 12.2. The maximum Gasteiger partial charge on any atom is 0.157 e. The lowest BCUT2D eigenvalue weighted by molar-refractivity contribution is 0.594. The van der Waals surface area contributed by atoms with Crippen LogP contribution in [0.1, 0.15) is 26.7 Å². The molecule has 0 aromatic heterocycles. The Kier molecular flexibility index (Phi) is 3.49. The molecule has 2 saturated heterocycles. The van der Waals surface area contributed by atoms with Gasteiger partial charge in [0.05, 0.1) is 17.5 Å². The van der Waals surface area contributed by atoms with Crippen molar-refractivity contribution in [2.75, 3.05) is 11.5 Å². The first-order valence-corrected chi connectivity index (χ1v) is 8.36. The molecule has 92 valence electrons. The first-order chi connectivity index (χ1) is 7.44. The molecule has 1 N–H and O–H groups in total. The summed E-state index contributed by atoms with van der Waals surface area (Å²) in [7, 11) is -2.82. The van der Waals surface area contributed by atoms with Gasteiger partial charge in [-0.1, -0.05) is 18.7 Å². The minimum atomic E-state index is -2.82. The van der Waals surface area contributed by atoms with E-state index in [0.717, 1.165) is 11.6 Å². The van der Waals surface area contributed by atoms with Crippen molar-refractivity contribution in [2.45, 2.75) is 44.0 Å². The van der Waals surface area contributed by atoms with Crippen LogP contribution in [0.5, 0.6) is 0 Å². The van der Waals surface area contributed by atoms with E-state index in [4.69, 9.17) is 0 Å². The average molecular weight is 262 g/mol. The molecule has 3 unspecified atom stereocenters. The lowest BCUT2D eigenvalue weighted by Crippen LogP contribution is -2.39. The Balaban J connectivity index is 2.02. The Morgan fingerprint density at radius 3 is 2.75 bits per heavy atom. The molecule has 0 bridgehead atoms. The van der Waals surface area contributed by atoms with Gasteiger partial charge in [0.2, 0.25) is 0 Å². The van der Waals surface area contributed by atoms with Crippen LogP contribution in [0, 0.1) is 0 Å². The minimum absolute atomic E-state index is 0.0301. The number of rotatable bonds is 1. The van der Waals surface area contributed by atoms with E-state index in [1.807, 2.05) is 0 Å². The molecule has 3 atom stereocenters. The molecule has 6 heteroatoms. The van der Waals surface area contributed by atoms with E-state index in [1.165, 1.54) is 0 Å². The zero-order valence-corrected chi connectivity index (χ0v) is 11.3. The second kappa shape index (κ2) is 4.56. The van der Waals surface area contributed by atoms with Crippen molar-refractivity contribution < 1.29 is 8.42 Å². The summed E-state index contributed by atoms with van der Waals surface area (Å²) in [6.07, 6.45) is 1.81. The third-order valence-electron chi connectivity index (χ3n) is 2.88. The van der Waals surface area contributed by atoms with E-state index in [0.29, 0.717) is 23.5 Å². The quantitative estimate of drug-likeness (QED) is 0.767. The summed E-state index contributed by atoms with van der Waals surface area (Å²) >= 11 is 1.72. The first-order valence-electron chi connectivity index (χ1n) is 5.66. The second-order valence-electron chi connectivity index (χ2n) is 4.70. The number of hydrogen-bond acceptors (Lipinski definition) is 4. The van der Waals surface area contributed by atoms with Crippen LogP contribution < -0.4 is 5.32 Å². The molecule has 0 aromatic carbocycles. The number of amidine groups is 1. The Morgan fingerprint density at radius 1 is 1.44 bits per heavy atom. The fraction of sp³-hybridized carbons (Fsp3) is 0.900. The van der Waals surface area contributed by atoms with E-state index in [1.54, 1.807) is 11.8 Å². The van der Waals surface area contributed by atoms with Crippen molar-refractivity contribution in [3.63, 3.8) is 0 Å². The molecule has 0 amide bonds. The fourth-order valence-corrected chi connectivity index (χ4v) is 5.02. The Labute approximate surface area is 101 Å². The van der Waals surface area contributed by atoms with Crippen LogP contribution in [-0.2, 0) is 9.84 Å². The van der Waals surface area contributed by atoms with Gasteiger partial charge in [-0.15, -0.1) is 0 Å². The molecule has 0 saturated carbocycles. The summed E-state index contributed by atoms with van der Waals surface area (Å²) < 4.78 is 22.6. The van der Waals surface area contributed by atoms with Crippen LogP contribution in [0.15, 0.2) is 4.99 Å². The Morgan fingerprint density at radius 2 is 2.19 bits per heavy atom. The van der Waals surface area contributed by atoms with Crippen LogP contribution in [0.4, 0.5) is 0 Å². The number of hydrogen-bond donors (Lipinski definition) is 1. The Hall–Kier alpha value is -0.230. The van der Waals surface area contributed by atoms with Crippen molar-refractivity contribution in [1.29, 1.82) is 0 Å². The highest BCUT2D eigenvalue weighted by Crippen LogP contribution is 2.24. The van der Waals surface area contributed by atoms with E-state index in [-0.39, 0.29) is 11.8 Å². The molecule has 2 fully saturated rings. The lowest BCUT2D eigenvalue weighted by atomic mass is 10.2. The highest BCUT2D eigenvalue weighted by molar-refractivity contribution is 8.14. The van der Waals surface area contributed by atoms with Gasteiger partial charge in [-0.3, -0.25) is 4.99 Å². The van der Waals surface area contributed by atoms with Crippen molar-refractivity contribution in [3.8, 4) is 0 Å². The average Bonchev–Trinajstić information content (AvgIpc) is 2.43. The summed E-state index contributed by atoms with van der Waals surface area (Å²) in [6, 6.07) is 0.408. The van der Waals surface area contributed by atoms with Gasteiger partial charge < -0.3 is 5.32 Å². The molecule has 4 nitrogen and oxygen atoms in total. The monoisotopic (exact) mass is 262 g/mol. The largest absolute Gasteiger partial charge is 0.362 e. The summed E-state index contributed by atoms with van der Waals surface area (Å²) in [6.45, 7) is 4.32. The predicted octanol–water partition coefficient (Wildman–Crippen LogP) is 1.03. The molecule has 0 radical (unpaired) electrons. The van der Waals surface area contributed by atoms with Gasteiger partial charge in [-0.25, -0.2) is 8.42 Å². The van der Waals surface area contributed by atoms with Crippen LogP contribution >= 0.6 is 11.8 Å². The standard InChI is InChI=1S/C10H18N2O2S2/c1-7-5-8(2)15-10(11-7)12-9-3-4-16(13,14)6-9/h7-9H,3-6H2,1-2H3,(H,11,12). The molecule has 2 rings (SSSR count). The number of aliphatic imine (C=N–C) groups is 1. The summed E-state index contributed by atoms with van der Waals surface area (Å²) in [5.41, 5.74) is 0. The van der Waals surface area contributed by atoms with E-state index < -0.39 is 9.84 Å². The zero-order chi connectivity index (χ0) is 11.8. The SMILES string of the molecule is CC1CC(C)SC(=NC2CCS(=O)(=O)C2)N1. The van der Waals surface area contributed by atoms with E-state index >= 15 is 0 Å². The highest BCUT2D eigenvalue weighted by atomic mass is 32.2. The molecule has 2 aliphatic heterocycles. The maximum absolute atomic E-state index is 11.3. The van der Waals surface area contributed by atoms with Gasteiger partial charge in [0.1, 0.15) is 0 Å². The normalized spacial score (nSPS) is 40.9. The van der Waals surface area contributed by atoms with Gasteiger partial charge in [0.15, 0.2) is 15.0 Å². The molecule has 0 aromatic rings. The summed E-state index contributed by atoms with van der Waals surface area (Å²) in [4.78, 5) is 4.52. The maximum atomic E-state index is 11.3. The van der Waals surface area contributed by atoms with E-state index in [9.17, 15) is 8.42 Å². The summed E-state index contributed by atoms with van der Waals surface area (Å²) in [5.74, 6) is 0.520. The topological polar surface area (TPSA) is 58.5 Å². The van der Waals surface area contributed by atoms with Gasteiger partial charge in [-0.05, 0) is 19.8 Å². The molecule has 2 heterocycles. The number of sulfone groups is 1. The zero-order valence-electron chi connectivity index (χ0n) is 9.64. The molecule has 2 aliphatic rings. The third-order valence-corrected chi connectivity index (χ3v) is 5.67. The highest BCUT2D eigenvalue weighted by Gasteiger charge is 2.29. The molecular weight excluding hydrogens is 244 g/mol. The third kappa shape index (κ3) is 3.13.